The van der Waals surface area contributed by atoms with Gasteiger partial charge in [-0.15, -0.1) is 0 Å². The Balaban J connectivity index is 0. The average Bonchev–Trinajstić information content (AvgIpc) is 1.38. The molecule has 0 aliphatic heterocycles. The van der Waals surface area contributed by atoms with Crippen LogP contribution in [0.5, 0.6) is 0 Å². The van der Waals surface area contributed by atoms with Crippen LogP contribution in [-0.4, -0.2) is 23.1 Å². The first-order valence-electron chi connectivity index (χ1n) is 2.27. The van der Waals surface area contributed by atoms with E-state index < -0.39 is 0 Å². The van der Waals surface area contributed by atoms with Crippen LogP contribution in [0, 0.1) is 5.92 Å². The van der Waals surface area contributed by atoms with Gasteiger partial charge in [0.15, 0.2) is 0 Å². The smallest absolute Gasteiger partial charge is 0.0651 e. The van der Waals surface area contributed by atoms with Crippen molar-refractivity contribution in [2.24, 2.45) is 5.92 Å². The molecule has 6 heavy (non-hydrogen) atoms. The van der Waals surface area contributed by atoms with Crippen LogP contribution in [0.15, 0.2) is 0 Å². The second-order valence-electron chi connectivity index (χ2n) is 1.80. The first-order valence-corrected chi connectivity index (χ1v) is 2.27. The van der Waals surface area contributed by atoms with Gasteiger partial charge in [-0.25, -0.2) is 0 Å². The van der Waals surface area contributed by atoms with Crippen LogP contribution < -0.4 is 0 Å². The van der Waals surface area contributed by atoms with Crippen LogP contribution in [0.1, 0.15) is 27.2 Å². The van der Waals surface area contributed by atoms with Crippen molar-refractivity contribution < 1.29 is 0 Å². The SMILES string of the molecule is CCC(C)C.[MgH2]. The summed E-state index contributed by atoms with van der Waals surface area (Å²) < 4.78 is 0. The van der Waals surface area contributed by atoms with Crippen LogP contribution in [0.4, 0.5) is 0 Å². The Hall–Kier alpha value is 0.766. The minimum absolute atomic E-state index is 0. The molecule has 0 unspecified atom stereocenters. The largest absolute Gasteiger partial charge is 0.316 e. The second-order valence-corrected chi connectivity index (χ2v) is 1.80. The summed E-state index contributed by atoms with van der Waals surface area (Å²) in [4.78, 5) is 0. The summed E-state index contributed by atoms with van der Waals surface area (Å²) in [6, 6.07) is 0. The van der Waals surface area contributed by atoms with Gasteiger partial charge in [0.2, 0.25) is 0 Å². The molecular weight excluding hydrogens is 84.4 g/mol. The Bertz CT molecular complexity index is 17.9. The molecule has 0 rings (SSSR count). The molecule has 1 heteroatoms. The zero-order valence-corrected chi connectivity index (χ0v) is 4.28. The summed E-state index contributed by atoms with van der Waals surface area (Å²) in [7, 11) is 0. The summed E-state index contributed by atoms with van der Waals surface area (Å²) in [5, 5.41) is 0. The average molecular weight is 98.5 g/mol. The van der Waals surface area contributed by atoms with Crippen molar-refractivity contribution in [3.63, 3.8) is 0 Å². The third-order valence-corrected chi connectivity index (χ3v) is 0.816. The molecule has 0 heterocycles. The van der Waals surface area contributed by atoms with E-state index in [1.54, 1.807) is 0 Å². The Morgan fingerprint density at radius 1 is 1.33 bits per heavy atom. The van der Waals surface area contributed by atoms with E-state index >= 15 is 0 Å². The molecule has 0 nitrogen and oxygen atoms in total. The van der Waals surface area contributed by atoms with Crippen LogP contribution in [0.3, 0.4) is 0 Å². The summed E-state index contributed by atoms with van der Waals surface area (Å²) in [6.45, 7) is 6.64. The lowest BCUT2D eigenvalue weighted by Gasteiger charge is -1.90. The van der Waals surface area contributed by atoms with E-state index in [0.29, 0.717) is 0 Å². The molecule has 0 aromatic carbocycles. The van der Waals surface area contributed by atoms with Crippen molar-refractivity contribution in [2.45, 2.75) is 27.2 Å². The Labute approximate surface area is 56.5 Å². The lowest BCUT2D eigenvalue weighted by atomic mass is 10.2. The maximum Gasteiger partial charge on any atom is 0.316 e. The minimum atomic E-state index is 0. The Morgan fingerprint density at radius 3 is 1.50 bits per heavy atom. The monoisotopic (exact) mass is 98.1 g/mol. The van der Waals surface area contributed by atoms with E-state index in [-0.39, 0.29) is 23.1 Å². The lowest BCUT2D eigenvalue weighted by Crippen LogP contribution is -1.77. The van der Waals surface area contributed by atoms with Crippen molar-refractivity contribution in [3.8, 4) is 0 Å². The van der Waals surface area contributed by atoms with Crippen LogP contribution in [0.25, 0.3) is 0 Å². The van der Waals surface area contributed by atoms with Crippen molar-refractivity contribution >= 4 is 23.1 Å². The zero-order valence-electron chi connectivity index (χ0n) is 4.28. The summed E-state index contributed by atoms with van der Waals surface area (Å²) >= 11 is 0. The molecule has 0 bridgehead atoms. The standard InChI is InChI=1S/C5H12.Mg.2H/c1-4-5(2)3;;;/h5H,4H2,1-3H3;;;. The molecule has 0 aromatic rings. The van der Waals surface area contributed by atoms with Gasteiger partial charge in [0.1, 0.15) is 0 Å². The topological polar surface area (TPSA) is 0 Å². The number of hydrogen-bond donors (Lipinski definition) is 0. The van der Waals surface area contributed by atoms with E-state index in [9.17, 15) is 0 Å². The van der Waals surface area contributed by atoms with Gasteiger partial charge in [-0.2, -0.15) is 0 Å². The van der Waals surface area contributed by atoms with Gasteiger partial charge in [0.25, 0.3) is 0 Å². The number of rotatable bonds is 1. The molecule has 0 aliphatic carbocycles. The van der Waals surface area contributed by atoms with Gasteiger partial charge in [-0.05, 0) is 5.92 Å². The Kier molecular flexibility index (Phi) is 9.52. The quantitative estimate of drug-likeness (QED) is 0.432. The van der Waals surface area contributed by atoms with E-state index in [4.69, 9.17) is 0 Å². The molecule has 0 saturated heterocycles. The van der Waals surface area contributed by atoms with Gasteiger partial charge in [0.05, 0.1) is 0 Å². The normalized spacial score (nSPS) is 8.00. The van der Waals surface area contributed by atoms with Crippen molar-refractivity contribution in [1.29, 1.82) is 0 Å². The van der Waals surface area contributed by atoms with E-state index in [1.807, 2.05) is 0 Å². The Morgan fingerprint density at radius 2 is 1.50 bits per heavy atom. The molecule has 0 amide bonds. The van der Waals surface area contributed by atoms with Gasteiger partial charge < -0.3 is 0 Å². The molecule has 0 N–H and O–H groups in total. The number of hydrogen-bond acceptors (Lipinski definition) is 0. The van der Waals surface area contributed by atoms with Crippen molar-refractivity contribution in [2.75, 3.05) is 0 Å². The fourth-order valence-corrected chi connectivity index (χ4v) is 0. The zero-order chi connectivity index (χ0) is 4.28. The predicted octanol–water partition coefficient (Wildman–Crippen LogP) is 1.14. The third kappa shape index (κ3) is 8.84. The summed E-state index contributed by atoms with van der Waals surface area (Å²) in [6.07, 6.45) is 1.31. The predicted molar refractivity (Wildman–Crippen MR) is 33.7 cm³/mol. The van der Waals surface area contributed by atoms with Gasteiger partial charge >= 0.3 is 23.1 Å². The first-order chi connectivity index (χ1) is 2.27. The molecular formula is C5H14Mg. The highest BCUT2D eigenvalue weighted by Gasteiger charge is 1.80. The van der Waals surface area contributed by atoms with Crippen LogP contribution in [-0.2, 0) is 0 Å². The lowest BCUT2D eigenvalue weighted by molar-refractivity contribution is 0.626. The maximum absolute atomic E-state index is 2.22. The summed E-state index contributed by atoms with van der Waals surface area (Å²) in [5.74, 6) is 0.884. The highest BCUT2D eigenvalue weighted by molar-refractivity contribution is 5.75. The molecule has 0 spiro atoms. The van der Waals surface area contributed by atoms with E-state index in [2.05, 4.69) is 20.8 Å². The van der Waals surface area contributed by atoms with Crippen molar-refractivity contribution in [1.82, 2.24) is 0 Å². The van der Waals surface area contributed by atoms with Crippen LogP contribution >= 0.6 is 0 Å². The molecule has 36 valence electrons. The molecule has 0 saturated carbocycles. The van der Waals surface area contributed by atoms with Gasteiger partial charge in [-0.3, -0.25) is 0 Å². The fourth-order valence-electron chi connectivity index (χ4n) is 0. The van der Waals surface area contributed by atoms with Gasteiger partial charge in [0, 0.05) is 0 Å². The summed E-state index contributed by atoms with van der Waals surface area (Å²) in [5.41, 5.74) is 0. The molecule has 0 radical (unpaired) electrons. The third-order valence-electron chi connectivity index (χ3n) is 0.816. The first kappa shape index (κ1) is 9.90. The maximum atomic E-state index is 2.22. The molecule has 0 aromatic heterocycles. The van der Waals surface area contributed by atoms with Gasteiger partial charge in [-0.1, -0.05) is 27.2 Å². The minimum Gasteiger partial charge on any atom is -0.0651 e. The highest BCUT2D eigenvalue weighted by Crippen LogP contribution is 1.93. The second kappa shape index (κ2) is 5.77. The van der Waals surface area contributed by atoms with E-state index in [0.717, 1.165) is 5.92 Å². The molecule has 0 fully saturated rings. The highest BCUT2D eigenvalue weighted by atomic mass is 24.3. The fraction of sp³-hybridized carbons (Fsp3) is 1.00. The molecule has 0 atom stereocenters. The van der Waals surface area contributed by atoms with Crippen LogP contribution in [0.2, 0.25) is 0 Å². The van der Waals surface area contributed by atoms with E-state index in [1.165, 1.54) is 6.42 Å². The van der Waals surface area contributed by atoms with Crippen molar-refractivity contribution in [3.05, 3.63) is 0 Å². The molecule has 0 aliphatic rings.